The Labute approximate surface area is 368 Å². The molecule has 0 bridgehead atoms. The monoisotopic (exact) mass is 855 g/mol. The number of esters is 2. The predicted octanol–water partition coefficient (Wildman–Crippen LogP) is 10.3. The van der Waals surface area contributed by atoms with Crippen LogP contribution in [0, 0.1) is 0 Å². The molecule has 0 saturated carbocycles. The van der Waals surface area contributed by atoms with E-state index in [2.05, 4.69) is 111 Å². The Balaban J connectivity index is 2.38. The van der Waals surface area contributed by atoms with Gasteiger partial charge in [0.05, 0.1) is 13.2 Å². The van der Waals surface area contributed by atoms with Gasteiger partial charge in [-0.15, -0.1) is 0 Å². The molecule has 1 saturated heterocycles. The lowest BCUT2D eigenvalue weighted by atomic mass is 9.99. The second-order valence-electron chi connectivity index (χ2n) is 15.5. The second kappa shape index (κ2) is 40.7. The van der Waals surface area contributed by atoms with E-state index in [1.165, 1.54) is 25.7 Å². The lowest BCUT2D eigenvalue weighted by Crippen LogP contribution is -2.59. The van der Waals surface area contributed by atoms with Crippen molar-refractivity contribution >= 4 is 11.9 Å². The molecule has 0 amide bonds. The summed E-state index contributed by atoms with van der Waals surface area (Å²) in [7, 11) is 0. The summed E-state index contributed by atoms with van der Waals surface area (Å²) in [5, 5.41) is 40.1. The summed E-state index contributed by atoms with van der Waals surface area (Å²) in [6.07, 6.45) is 46.9. The minimum atomic E-state index is -1.61. The van der Waals surface area contributed by atoms with Crippen molar-refractivity contribution in [2.75, 3.05) is 19.8 Å². The first kappa shape index (κ1) is 55.6. The standard InChI is InChI=1S/C51H82O10/c1-3-5-7-9-11-13-15-17-19-21-22-24-26-28-30-32-34-36-38-40-47(54)60-44(43-59-51-50(57)49(56)48(55)45(41-52)61-51)42-58-46(53)39-37-35-33-31-29-27-25-23-20-18-16-14-12-10-8-6-4-2/h5,7,11-14,17-20,22,24-25,27-28,30,44-45,48-52,55-57H,3-4,6,8-10,15-16,21,23,26,29,31-43H2,1-2H3/b7-5+,13-11+,14-12+,19-17+,20-18+,24-22+,27-25+,30-28+/t44-,45-,48+,49?,50?,51-/m1/s1. The predicted molar refractivity (Wildman–Crippen MR) is 247 cm³/mol. The number of rotatable bonds is 37. The van der Waals surface area contributed by atoms with Gasteiger partial charge >= 0.3 is 11.9 Å². The van der Waals surface area contributed by atoms with Crippen LogP contribution < -0.4 is 0 Å². The molecule has 1 fully saturated rings. The zero-order valence-electron chi connectivity index (χ0n) is 37.6. The highest BCUT2D eigenvalue weighted by Crippen LogP contribution is 2.22. The maximum atomic E-state index is 12.8. The molecule has 4 N–H and O–H groups in total. The molecule has 1 aliphatic heterocycles. The van der Waals surface area contributed by atoms with E-state index in [1.54, 1.807) is 0 Å². The zero-order chi connectivity index (χ0) is 44.4. The average molecular weight is 855 g/mol. The van der Waals surface area contributed by atoms with Gasteiger partial charge in [-0.1, -0.05) is 143 Å². The maximum absolute atomic E-state index is 12.8. The summed E-state index contributed by atoms with van der Waals surface area (Å²) < 4.78 is 22.1. The summed E-state index contributed by atoms with van der Waals surface area (Å²) >= 11 is 0. The largest absolute Gasteiger partial charge is 0.462 e. The van der Waals surface area contributed by atoms with Crippen molar-refractivity contribution in [3.05, 3.63) is 97.2 Å². The zero-order valence-corrected chi connectivity index (χ0v) is 37.6. The highest BCUT2D eigenvalue weighted by molar-refractivity contribution is 5.70. The van der Waals surface area contributed by atoms with Crippen molar-refractivity contribution < 1.29 is 49.0 Å². The molecule has 0 radical (unpaired) electrons. The topological polar surface area (TPSA) is 152 Å². The lowest BCUT2D eigenvalue weighted by molar-refractivity contribution is -0.305. The molecule has 0 aromatic rings. The SMILES string of the molecule is CC/C=C/C/C=C/C/C=C/C/C=C/C/C=C/CCCCCC(=O)O[C@H](COC(=O)CCCCCC/C=C/C/C=C/C/C=C/CCCCC)CO[C@@H]1O[C@H](CO)[C@H](O)C(O)C1O. The first-order valence-electron chi connectivity index (χ1n) is 23.3. The summed E-state index contributed by atoms with van der Waals surface area (Å²) in [6, 6.07) is 0. The fraction of sp³-hybridized carbons (Fsp3) is 0.647. The van der Waals surface area contributed by atoms with Crippen LogP contribution in [0.15, 0.2) is 97.2 Å². The summed E-state index contributed by atoms with van der Waals surface area (Å²) in [5.41, 5.74) is 0. The van der Waals surface area contributed by atoms with E-state index in [4.69, 9.17) is 18.9 Å². The second-order valence-corrected chi connectivity index (χ2v) is 15.5. The molecule has 61 heavy (non-hydrogen) atoms. The molecule has 1 heterocycles. The van der Waals surface area contributed by atoms with Crippen molar-refractivity contribution in [2.24, 2.45) is 0 Å². The van der Waals surface area contributed by atoms with Crippen LogP contribution in [0.1, 0.15) is 155 Å². The number of allylic oxidation sites excluding steroid dienone is 16. The minimum Gasteiger partial charge on any atom is -0.462 e. The van der Waals surface area contributed by atoms with Crippen LogP contribution in [0.3, 0.4) is 0 Å². The number of hydrogen-bond donors (Lipinski definition) is 4. The van der Waals surface area contributed by atoms with E-state index < -0.39 is 55.4 Å². The van der Waals surface area contributed by atoms with Crippen LogP contribution in [0.2, 0.25) is 0 Å². The Morgan fingerprint density at radius 1 is 0.525 bits per heavy atom. The van der Waals surface area contributed by atoms with Gasteiger partial charge in [0, 0.05) is 12.8 Å². The van der Waals surface area contributed by atoms with Crippen LogP contribution in [0.4, 0.5) is 0 Å². The van der Waals surface area contributed by atoms with Crippen LogP contribution in [-0.4, -0.2) is 89.0 Å². The van der Waals surface area contributed by atoms with E-state index in [9.17, 15) is 30.0 Å². The van der Waals surface area contributed by atoms with Crippen molar-refractivity contribution in [3.8, 4) is 0 Å². The normalized spacial score (nSPS) is 20.7. The fourth-order valence-corrected chi connectivity index (χ4v) is 6.28. The Morgan fingerprint density at radius 2 is 0.967 bits per heavy atom. The van der Waals surface area contributed by atoms with Gasteiger partial charge in [0.2, 0.25) is 0 Å². The first-order valence-corrected chi connectivity index (χ1v) is 23.3. The third-order valence-corrected chi connectivity index (χ3v) is 9.95. The van der Waals surface area contributed by atoms with Crippen molar-refractivity contribution in [2.45, 2.75) is 192 Å². The average Bonchev–Trinajstić information content (AvgIpc) is 3.26. The summed E-state index contributed by atoms with van der Waals surface area (Å²) in [5.74, 6) is -0.879. The van der Waals surface area contributed by atoms with E-state index in [0.29, 0.717) is 12.8 Å². The van der Waals surface area contributed by atoms with Gasteiger partial charge in [0.1, 0.15) is 31.0 Å². The number of aliphatic hydroxyl groups is 4. The number of hydrogen-bond acceptors (Lipinski definition) is 10. The Hall–Kier alpha value is -3.38. The molecule has 2 unspecified atom stereocenters. The molecule has 1 aliphatic rings. The molecule has 1 rings (SSSR count). The number of aliphatic hydroxyl groups excluding tert-OH is 4. The Bertz CT molecular complexity index is 1310. The van der Waals surface area contributed by atoms with Crippen molar-refractivity contribution in [1.82, 2.24) is 0 Å². The summed E-state index contributed by atoms with van der Waals surface area (Å²) in [6.45, 7) is 3.21. The Kier molecular flexibility index (Phi) is 37.1. The molecule has 10 heteroatoms. The van der Waals surface area contributed by atoms with Crippen molar-refractivity contribution in [3.63, 3.8) is 0 Å². The van der Waals surface area contributed by atoms with Gasteiger partial charge in [0.15, 0.2) is 12.4 Å². The van der Waals surface area contributed by atoms with Gasteiger partial charge in [-0.2, -0.15) is 0 Å². The third-order valence-electron chi connectivity index (χ3n) is 9.95. The Morgan fingerprint density at radius 3 is 1.46 bits per heavy atom. The molecule has 0 aromatic carbocycles. The van der Waals surface area contributed by atoms with E-state index in [-0.39, 0.29) is 26.1 Å². The molecule has 0 aromatic heterocycles. The van der Waals surface area contributed by atoms with Crippen LogP contribution in [0.25, 0.3) is 0 Å². The third kappa shape index (κ3) is 32.0. The van der Waals surface area contributed by atoms with Gasteiger partial charge in [-0.05, 0) is 96.3 Å². The van der Waals surface area contributed by atoms with E-state index in [0.717, 1.165) is 89.9 Å². The van der Waals surface area contributed by atoms with Gasteiger partial charge in [-0.3, -0.25) is 9.59 Å². The molecular formula is C51H82O10. The van der Waals surface area contributed by atoms with Crippen molar-refractivity contribution in [1.29, 1.82) is 0 Å². The summed E-state index contributed by atoms with van der Waals surface area (Å²) in [4.78, 5) is 25.4. The van der Waals surface area contributed by atoms with Crippen LogP contribution in [-0.2, 0) is 28.5 Å². The smallest absolute Gasteiger partial charge is 0.306 e. The quantitative estimate of drug-likeness (QED) is 0.0270. The molecule has 10 nitrogen and oxygen atoms in total. The number of unbranched alkanes of at least 4 members (excludes halogenated alkanes) is 10. The van der Waals surface area contributed by atoms with Gasteiger partial charge < -0.3 is 39.4 Å². The number of ether oxygens (including phenoxy) is 4. The molecular weight excluding hydrogens is 773 g/mol. The van der Waals surface area contributed by atoms with E-state index in [1.807, 2.05) is 0 Å². The fourth-order valence-electron chi connectivity index (χ4n) is 6.28. The van der Waals surface area contributed by atoms with Crippen LogP contribution >= 0.6 is 0 Å². The van der Waals surface area contributed by atoms with Crippen LogP contribution in [0.5, 0.6) is 0 Å². The first-order chi connectivity index (χ1) is 29.8. The molecule has 6 atom stereocenters. The highest BCUT2D eigenvalue weighted by atomic mass is 16.7. The van der Waals surface area contributed by atoms with Gasteiger partial charge in [-0.25, -0.2) is 0 Å². The lowest BCUT2D eigenvalue weighted by Gasteiger charge is -2.39. The van der Waals surface area contributed by atoms with Gasteiger partial charge in [0.25, 0.3) is 0 Å². The molecule has 0 aliphatic carbocycles. The number of carbonyl (C=O) groups excluding carboxylic acids is 2. The number of carbonyl (C=O) groups is 2. The minimum absolute atomic E-state index is 0.179. The molecule has 346 valence electrons. The highest BCUT2D eigenvalue weighted by Gasteiger charge is 2.44. The molecule has 0 spiro atoms. The maximum Gasteiger partial charge on any atom is 0.306 e. The van der Waals surface area contributed by atoms with E-state index >= 15 is 0 Å².